The van der Waals surface area contributed by atoms with Crippen molar-refractivity contribution in [2.45, 2.75) is 18.9 Å². The Morgan fingerprint density at radius 1 is 1.47 bits per heavy atom. The number of ether oxygens (including phenoxy) is 2. The Balaban J connectivity index is 2.48. The maximum atomic E-state index is 13.2. The van der Waals surface area contributed by atoms with E-state index in [1.807, 2.05) is 0 Å². The summed E-state index contributed by atoms with van der Waals surface area (Å²) in [4.78, 5) is 11.3. The van der Waals surface area contributed by atoms with Crippen LogP contribution in [0.3, 0.4) is 0 Å². The standard InChI is InChI=1S/C12H16FNO3/c1-12(14,11(15)16-2)7-8-17-10-6-4-3-5-9(10)13/h3-6H,7-8,14H2,1-2H3. The molecule has 94 valence electrons. The molecule has 0 amide bonds. The lowest BCUT2D eigenvalue weighted by atomic mass is 10.0. The molecule has 0 saturated carbocycles. The fraction of sp³-hybridized carbons (Fsp3) is 0.417. The molecule has 1 aromatic rings. The molecule has 0 aliphatic carbocycles. The first kappa shape index (κ1) is 13.4. The number of hydrogen-bond acceptors (Lipinski definition) is 4. The first-order valence-corrected chi connectivity index (χ1v) is 5.22. The molecule has 0 aliphatic heterocycles. The van der Waals surface area contributed by atoms with Crippen LogP contribution in [0, 0.1) is 5.82 Å². The zero-order valence-corrected chi connectivity index (χ0v) is 9.90. The Hall–Kier alpha value is -1.62. The molecule has 0 aliphatic rings. The zero-order chi connectivity index (χ0) is 12.9. The second kappa shape index (κ2) is 5.63. The normalized spacial score (nSPS) is 13.9. The lowest BCUT2D eigenvalue weighted by molar-refractivity contribution is -0.146. The summed E-state index contributed by atoms with van der Waals surface area (Å²) < 4.78 is 22.9. The summed E-state index contributed by atoms with van der Waals surface area (Å²) in [6.45, 7) is 1.69. The van der Waals surface area contributed by atoms with Gasteiger partial charge in [0, 0.05) is 6.42 Å². The van der Waals surface area contributed by atoms with E-state index < -0.39 is 17.3 Å². The largest absolute Gasteiger partial charge is 0.490 e. The van der Waals surface area contributed by atoms with E-state index in [1.54, 1.807) is 19.1 Å². The third-order valence-electron chi connectivity index (χ3n) is 2.37. The number of halogens is 1. The van der Waals surface area contributed by atoms with Crippen LogP contribution < -0.4 is 10.5 Å². The van der Waals surface area contributed by atoms with Crippen LogP contribution in [0.4, 0.5) is 4.39 Å². The van der Waals surface area contributed by atoms with Crippen LogP contribution in [0.15, 0.2) is 24.3 Å². The average molecular weight is 241 g/mol. The van der Waals surface area contributed by atoms with E-state index in [2.05, 4.69) is 4.74 Å². The molecule has 0 spiro atoms. The predicted octanol–water partition coefficient (Wildman–Crippen LogP) is 1.48. The molecule has 0 saturated heterocycles. The van der Waals surface area contributed by atoms with Crippen LogP contribution in [0.5, 0.6) is 5.75 Å². The third kappa shape index (κ3) is 3.71. The molecule has 0 heterocycles. The highest BCUT2D eigenvalue weighted by Crippen LogP contribution is 2.17. The number of esters is 1. The van der Waals surface area contributed by atoms with Gasteiger partial charge in [0.1, 0.15) is 5.54 Å². The minimum atomic E-state index is -1.12. The number of para-hydroxylation sites is 1. The smallest absolute Gasteiger partial charge is 0.325 e. The minimum absolute atomic E-state index is 0.142. The third-order valence-corrected chi connectivity index (χ3v) is 2.37. The molecule has 0 bridgehead atoms. The van der Waals surface area contributed by atoms with Crippen molar-refractivity contribution in [3.05, 3.63) is 30.1 Å². The van der Waals surface area contributed by atoms with Gasteiger partial charge in [-0.2, -0.15) is 0 Å². The van der Waals surface area contributed by atoms with Crippen molar-refractivity contribution in [1.82, 2.24) is 0 Å². The van der Waals surface area contributed by atoms with Gasteiger partial charge in [0.2, 0.25) is 0 Å². The summed E-state index contributed by atoms with van der Waals surface area (Å²) >= 11 is 0. The molecule has 1 aromatic carbocycles. The second-order valence-corrected chi connectivity index (χ2v) is 3.94. The summed E-state index contributed by atoms with van der Waals surface area (Å²) in [5.74, 6) is -0.813. The zero-order valence-electron chi connectivity index (χ0n) is 9.90. The van der Waals surface area contributed by atoms with Crippen LogP contribution in [-0.4, -0.2) is 25.2 Å². The monoisotopic (exact) mass is 241 g/mol. The topological polar surface area (TPSA) is 61.5 Å². The molecule has 0 radical (unpaired) electrons. The number of carbonyl (C=O) groups is 1. The molecule has 0 fully saturated rings. The molecule has 17 heavy (non-hydrogen) atoms. The Bertz CT molecular complexity index is 393. The number of nitrogens with two attached hydrogens (primary N) is 1. The van der Waals surface area contributed by atoms with Gasteiger partial charge in [0.05, 0.1) is 13.7 Å². The van der Waals surface area contributed by atoms with Crippen molar-refractivity contribution < 1.29 is 18.7 Å². The van der Waals surface area contributed by atoms with Gasteiger partial charge in [-0.05, 0) is 19.1 Å². The minimum Gasteiger partial charge on any atom is -0.490 e. The molecular formula is C12H16FNO3. The molecule has 1 unspecified atom stereocenters. The highest BCUT2D eigenvalue weighted by atomic mass is 19.1. The highest BCUT2D eigenvalue weighted by molar-refractivity contribution is 5.79. The number of rotatable bonds is 5. The SMILES string of the molecule is COC(=O)C(C)(N)CCOc1ccccc1F. The highest BCUT2D eigenvalue weighted by Gasteiger charge is 2.29. The van der Waals surface area contributed by atoms with E-state index in [0.29, 0.717) is 0 Å². The van der Waals surface area contributed by atoms with Crippen molar-refractivity contribution in [2.24, 2.45) is 5.73 Å². The first-order chi connectivity index (χ1) is 7.97. The molecule has 5 heteroatoms. The van der Waals surface area contributed by atoms with Crippen LogP contribution in [0.1, 0.15) is 13.3 Å². The maximum absolute atomic E-state index is 13.2. The Morgan fingerprint density at radius 3 is 2.71 bits per heavy atom. The summed E-state index contributed by atoms with van der Waals surface area (Å²) in [6, 6.07) is 6.06. The summed E-state index contributed by atoms with van der Waals surface area (Å²) in [6.07, 6.45) is 0.244. The van der Waals surface area contributed by atoms with Crippen LogP contribution in [-0.2, 0) is 9.53 Å². The van der Waals surface area contributed by atoms with Gasteiger partial charge in [0.15, 0.2) is 11.6 Å². The first-order valence-electron chi connectivity index (χ1n) is 5.22. The van der Waals surface area contributed by atoms with E-state index in [1.165, 1.54) is 19.2 Å². The van der Waals surface area contributed by atoms with Crippen molar-refractivity contribution in [3.63, 3.8) is 0 Å². The lowest BCUT2D eigenvalue weighted by Crippen LogP contribution is -2.46. The van der Waals surface area contributed by atoms with E-state index in [4.69, 9.17) is 10.5 Å². The molecule has 4 nitrogen and oxygen atoms in total. The average Bonchev–Trinajstić information content (AvgIpc) is 2.30. The molecule has 1 atom stereocenters. The van der Waals surface area contributed by atoms with Crippen LogP contribution in [0.25, 0.3) is 0 Å². The van der Waals surface area contributed by atoms with E-state index >= 15 is 0 Å². The number of methoxy groups -OCH3 is 1. The summed E-state index contributed by atoms with van der Waals surface area (Å²) in [5, 5.41) is 0. The molecule has 1 rings (SSSR count). The number of hydrogen-bond donors (Lipinski definition) is 1. The quantitative estimate of drug-likeness (QED) is 0.793. The molecular weight excluding hydrogens is 225 g/mol. The molecule has 2 N–H and O–H groups in total. The van der Waals surface area contributed by atoms with Crippen LogP contribution >= 0.6 is 0 Å². The van der Waals surface area contributed by atoms with Crippen molar-refractivity contribution in [2.75, 3.05) is 13.7 Å². The van der Waals surface area contributed by atoms with Gasteiger partial charge in [-0.25, -0.2) is 4.39 Å². The van der Waals surface area contributed by atoms with Gasteiger partial charge in [-0.15, -0.1) is 0 Å². The van der Waals surface area contributed by atoms with Crippen LogP contribution in [0.2, 0.25) is 0 Å². The fourth-order valence-corrected chi connectivity index (χ4v) is 1.27. The van der Waals surface area contributed by atoms with Gasteiger partial charge in [-0.1, -0.05) is 12.1 Å². The molecule has 0 aromatic heterocycles. The Labute approximate surface area is 99.5 Å². The van der Waals surface area contributed by atoms with Gasteiger partial charge in [0.25, 0.3) is 0 Å². The van der Waals surface area contributed by atoms with Crippen molar-refractivity contribution >= 4 is 5.97 Å². The summed E-state index contributed by atoms with van der Waals surface area (Å²) in [7, 11) is 1.27. The number of benzene rings is 1. The Morgan fingerprint density at radius 2 is 2.12 bits per heavy atom. The van der Waals surface area contributed by atoms with E-state index in [-0.39, 0.29) is 18.8 Å². The lowest BCUT2D eigenvalue weighted by Gasteiger charge is -2.21. The van der Waals surface area contributed by atoms with Gasteiger partial charge < -0.3 is 15.2 Å². The van der Waals surface area contributed by atoms with Gasteiger partial charge >= 0.3 is 5.97 Å². The van der Waals surface area contributed by atoms with Crippen molar-refractivity contribution in [3.8, 4) is 5.75 Å². The second-order valence-electron chi connectivity index (χ2n) is 3.94. The fourth-order valence-electron chi connectivity index (χ4n) is 1.27. The Kier molecular flexibility index (Phi) is 4.45. The van der Waals surface area contributed by atoms with E-state index in [9.17, 15) is 9.18 Å². The van der Waals surface area contributed by atoms with E-state index in [0.717, 1.165) is 0 Å². The number of carbonyl (C=O) groups excluding carboxylic acids is 1. The van der Waals surface area contributed by atoms with Gasteiger partial charge in [-0.3, -0.25) is 4.79 Å². The predicted molar refractivity (Wildman–Crippen MR) is 61.1 cm³/mol. The summed E-state index contributed by atoms with van der Waals surface area (Å²) in [5.41, 5.74) is 4.60. The maximum Gasteiger partial charge on any atom is 0.325 e. The van der Waals surface area contributed by atoms with Crippen molar-refractivity contribution in [1.29, 1.82) is 0 Å².